The maximum absolute atomic E-state index is 12.4. The molecular weight excluding hydrogens is 282 g/mol. The predicted octanol–water partition coefficient (Wildman–Crippen LogP) is 2.47. The summed E-state index contributed by atoms with van der Waals surface area (Å²) in [4.78, 5) is 35.8. The minimum atomic E-state index is -1.01. The van der Waals surface area contributed by atoms with Gasteiger partial charge in [-0.05, 0) is 23.8 Å². The van der Waals surface area contributed by atoms with Crippen molar-refractivity contribution >= 4 is 18.2 Å². The van der Waals surface area contributed by atoms with Crippen LogP contribution in [0.4, 0.5) is 0 Å². The summed E-state index contributed by atoms with van der Waals surface area (Å²) >= 11 is 0. The monoisotopic (exact) mass is 297 g/mol. The number of hydrogen-bond acceptors (Lipinski definition) is 3. The Hall–Kier alpha value is -2.95. The van der Waals surface area contributed by atoms with Crippen molar-refractivity contribution < 1.29 is 19.5 Å². The van der Waals surface area contributed by atoms with E-state index in [0.717, 1.165) is 0 Å². The summed E-state index contributed by atoms with van der Waals surface area (Å²) in [7, 11) is 1.61. The normalized spacial score (nSPS) is 10.0. The van der Waals surface area contributed by atoms with Gasteiger partial charge in [0, 0.05) is 19.2 Å². The molecule has 0 saturated carbocycles. The van der Waals surface area contributed by atoms with Gasteiger partial charge in [0.25, 0.3) is 5.91 Å². The van der Waals surface area contributed by atoms with E-state index in [9.17, 15) is 14.4 Å². The van der Waals surface area contributed by atoms with Crippen LogP contribution < -0.4 is 0 Å². The molecule has 1 N–H and O–H groups in total. The second-order valence-electron chi connectivity index (χ2n) is 4.87. The van der Waals surface area contributed by atoms with Crippen LogP contribution in [0.25, 0.3) is 0 Å². The van der Waals surface area contributed by atoms with Crippen LogP contribution >= 0.6 is 0 Å². The molecule has 0 heterocycles. The summed E-state index contributed by atoms with van der Waals surface area (Å²) in [5.41, 5.74) is 1.54. The Balaban J connectivity index is 2.20. The first kappa shape index (κ1) is 15.4. The predicted molar refractivity (Wildman–Crippen MR) is 81.0 cm³/mol. The Morgan fingerprint density at radius 3 is 2.55 bits per heavy atom. The Morgan fingerprint density at radius 1 is 1.14 bits per heavy atom. The Morgan fingerprint density at radius 2 is 1.86 bits per heavy atom. The van der Waals surface area contributed by atoms with Crippen LogP contribution in [0.3, 0.4) is 0 Å². The molecule has 0 aliphatic rings. The number of aromatic carboxylic acids is 1. The number of carbonyl (C=O) groups is 3. The first-order chi connectivity index (χ1) is 10.5. The maximum atomic E-state index is 12.4. The number of aldehydes is 1. The van der Waals surface area contributed by atoms with E-state index in [2.05, 4.69) is 0 Å². The highest BCUT2D eigenvalue weighted by Crippen LogP contribution is 2.13. The summed E-state index contributed by atoms with van der Waals surface area (Å²) in [5.74, 6) is -1.30. The summed E-state index contributed by atoms with van der Waals surface area (Å²) in [6.07, 6.45) is 0.645. The number of hydrogen-bond donors (Lipinski definition) is 1. The summed E-state index contributed by atoms with van der Waals surface area (Å²) in [6.45, 7) is 0.257. The number of benzene rings is 2. The molecule has 0 spiro atoms. The quantitative estimate of drug-likeness (QED) is 0.860. The molecule has 0 atom stereocenters. The third-order valence-corrected chi connectivity index (χ3v) is 3.26. The van der Waals surface area contributed by atoms with Crippen molar-refractivity contribution in [3.8, 4) is 0 Å². The molecule has 0 bridgehead atoms. The molecule has 2 aromatic carbocycles. The largest absolute Gasteiger partial charge is 0.478 e. The molecule has 5 heteroatoms. The smallest absolute Gasteiger partial charge is 0.335 e. The SMILES string of the molecule is CN(Cc1cccc(C(=O)O)c1)C(=O)c1ccccc1C=O. The number of carbonyl (C=O) groups excluding carboxylic acids is 2. The van der Waals surface area contributed by atoms with Crippen LogP contribution in [0.5, 0.6) is 0 Å². The van der Waals surface area contributed by atoms with Gasteiger partial charge in [0.2, 0.25) is 0 Å². The maximum Gasteiger partial charge on any atom is 0.335 e. The molecule has 2 rings (SSSR count). The first-order valence-electron chi connectivity index (χ1n) is 6.65. The van der Waals surface area contributed by atoms with Crippen LogP contribution in [0.2, 0.25) is 0 Å². The van der Waals surface area contributed by atoms with Crippen molar-refractivity contribution in [2.75, 3.05) is 7.05 Å². The lowest BCUT2D eigenvalue weighted by molar-refractivity contribution is 0.0696. The third-order valence-electron chi connectivity index (χ3n) is 3.26. The van der Waals surface area contributed by atoms with Gasteiger partial charge >= 0.3 is 5.97 Å². The number of nitrogens with zero attached hydrogens (tertiary/aromatic N) is 1. The van der Waals surface area contributed by atoms with Gasteiger partial charge in [-0.2, -0.15) is 0 Å². The van der Waals surface area contributed by atoms with Gasteiger partial charge < -0.3 is 10.0 Å². The van der Waals surface area contributed by atoms with E-state index >= 15 is 0 Å². The zero-order chi connectivity index (χ0) is 16.1. The Labute approximate surface area is 127 Å². The van der Waals surface area contributed by atoms with Crippen LogP contribution in [0.1, 0.15) is 36.6 Å². The van der Waals surface area contributed by atoms with Crippen LogP contribution in [-0.4, -0.2) is 35.2 Å². The zero-order valence-corrected chi connectivity index (χ0v) is 12.0. The van der Waals surface area contributed by atoms with E-state index < -0.39 is 5.97 Å². The van der Waals surface area contributed by atoms with Crippen LogP contribution in [-0.2, 0) is 6.54 Å². The molecule has 0 saturated heterocycles. The van der Waals surface area contributed by atoms with Crippen LogP contribution in [0, 0.1) is 0 Å². The van der Waals surface area contributed by atoms with Gasteiger partial charge in [-0.15, -0.1) is 0 Å². The number of carboxylic acids is 1. The molecular formula is C17H15NO4. The molecule has 1 amide bonds. The summed E-state index contributed by atoms with van der Waals surface area (Å²) < 4.78 is 0. The Kier molecular flexibility index (Phi) is 4.68. The molecule has 0 fully saturated rings. The van der Waals surface area contributed by atoms with Gasteiger partial charge in [-0.3, -0.25) is 9.59 Å². The lowest BCUT2D eigenvalue weighted by Crippen LogP contribution is -2.27. The standard InChI is InChI=1S/C17H15NO4/c1-18(10-12-5-4-7-13(9-12)17(21)22)16(20)15-8-3-2-6-14(15)11-19/h2-9,11H,10H2,1H3,(H,21,22). The minimum absolute atomic E-state index is 0.173. The van der Waals surface area contributed by atoms with Crippen molar-refractivity contribution in [1.82, 2.24) is 4.90 Å². The van der Waals surface area contributed by atoms with Crippen molar-refractivity contribution in [2.24, 2.45) is 0 Å². The average Bonchev–Trinajstić information content (AvgIpc) is 2.54. The number of carboxylic acid groups (broad SMARTS) is 1. The fourth-order valence-corrected chi connectivity index (χ4v) is 2.15. The molecule has 0 aliphatic heterocycles. The average molecular weight is 297 g/mol. The van der Waals surface area contributed by atoms with E-state index in [-0.39, 0.29) is 18.0 Å². The lowest BCUT2D eigenvalue weighted by atomic mass is 10.1. The van der Waals surface area contributed by atoms with Gasteiger partial charge in [0.15, 0.2) is 6.29 Å². The lowest BCUT2D eigenvalue weighted by Gasteiger charge is -2.18. The van der Waals surface area contributed by atoms with Crippen molar-refractivity contribution in [2.45, 2.75) is 6.54 Å². The highest BCUT2D eigenvalue weighted by molar-refractivity contribution is 6.01. The first-order valence-corrected chi connectivity index (χ1v) is 6.65. The van der Waals surface area contributed by atoms with E-state index in [4.69, 9.17) is 5.11 Å². The zero-order valence-electron chi connectivity index (χ0n) is 12.0. The van der Waals surface area contributed by atoms with E-state index in [1.807, 2.05) is 0 Å². The van der Waals surface area contributed by atoms with Crippen molar-refractivity contribution in [3.63, 3.8) is 0 Å². The fourth-order valence-electron chi connectivity index (χ4n) is 2.15. The van der Waals surface area contributed by atoms with E-state index in [1.165, 1.54) is 17.0 Å². The summed E-state index contributed by atoms with van der Waals surface area (Å²) in [6, 6.07) is 13.0. The van der Waals surface area contributed by atoms with Crippen molar-refractivity contribution in [3.05, 3.63) is 70.8 Å². The second kappa shape index (κ2) is 6.67. The fraction of sp³-hybridized carbons (Fsp3) is 0.118. The Bertz CT molecular complexity index is 724. The van der Waals surface area contributed by atoms with Gasteiger partial charge in [0.05, 0.1) is 11.1 Å². The molecule has 112 valence electrons. The molecule has 0 radical (unpaired) electrons. The molecule has 0 unspecified atom stereocenters. The highest BCUT2D eigenvalue weighted by Gasteiger charge is 2.15. The van der Waals surface area contributed by atoms with Gasteiger partial charge in [-0.1, -0.05) is 30.3 Å². The molecule has 22 heavy (non-hydrogen) atoms. The number of amides is 1. The third kappa shape index (κ3) is 3.38. The topological polar surface area (TPSA) is 74.7 Å². The van der Waals surface area contributed by atoms with E-state index in [1.54, 1.807) is 43.4 Å². The molecule has 0 aromatic heterocycles. The van der Waals surface area contributed by atoms with Gasteiger partial charge in [-0.25, -0.2) is 4.79 Å². The van der Waals surface area contributed by atoms with E-state index in [0.29, 0.717) is 23.0 Å². The molecule has 0 aliphatic carbocycles. The highest BCUT2D eigenvalue weighted by atomic mass is 16.4. The summed E-state index contributed by atoms with van der Waals surface area (Å²) in [5, 5.41) is 8.98. The minimum Gasteiger partial charge on any atom is -0.478 e. The number of rotatable bonds is 5. The van der Waals surface area contributed by atoms with Gasteiger partial charge in [0.1, 0.15) is 0 Å². The van der Waals surface area contributed by atoms with Crippen molar-refractivity contribution in [1.29, 1.82) is 0 Å². The second-order valence-corrected chi connectivity index (χ2v) is 4.87. The molecule has 2 aromatic rings. The van der Waals surface area contributed by atoms with Crippen LogP contribution in [0.15, 0.2) is 48.5 Å². The molecule has 5 nitrogen and oxygen atoms in total.